The van der Waals surface area contributed by atoms with Crippen molar-refractivity contribution in [1.82, 2.24) is 0 Å². The van der Waals surface area contributed by atoms with E-state index in [2.05, 4.69) is 47.2 Å². The zero-order valence-electron chi connectivity index (χ0n) is 8.43. The molecule has 1 heterocycles. The van der Waals surface area contributed by atoms with Crippen molar-refractivity contribution in [1.29, 1.82) is 0 Å². The minimum Gasteiger partial charge on any atom is -0.377 e. The summed E-state index contributed by atoms with van der Waals surface area (Å²) >= 11 is 3.49. The number of anilines is 1. The Morgan fingerprint density at radius 1 is 1.29 bits per heavy atom. The summed E-state index contributed by atoms with van der Waals surface area (Å²) in [6.45, 7) is 5.91. The van der Waals surface area contributed by atoms with Crippen LogP contribution in [-0.2, 0) is 4.74 Å². The Labute approximate surface area is 92.8 Å². The van der Waals surface area contributed by atoms with Crippen LogP contribution in [0.5, 0.6) is 0 Å². The Balaban J connectivity index is 2.22. The molecule has 1 aliphatic rings. The van der Waals surface area contributed by atoms with Crippen molar-refractivity contribution in [3.63, 3.8) is 0 Å². The van der Waals surface area contributed by atoms with E-state index in [1.165, 1.54) is 16.8 Å². The molecule has 0 atom stereocenters. The number of aryl methyl sites for hydroxylation is 2. The molecule has 0 spiro atoms. The Morgan fingerprint density at radius 3 is 2.29 bits per heavy atom. The summed E-state index contributed by atoms with van der Waals surface area (Å²) in [5.74, 6) is 0. The lowest BCUT2D eigenvalue weighted by Crippen LogP contribution is -2.40. The second kappa shape index (κ2) is 3.91. The summed E-state index contributed by atoms with van der Waals surface area (Å²) in [7, 11) is 0. The predicted molar refractivity (Wildman–Crippen MR) is 61.8 cm³/mol. The van der Waals surface area contributed by atoms with Crippen molar-refractivity contribution in [3.8, 4) is 0 Å². The average molecular weight is 256 g/mol. The lowest BCUT2D eigenvalue weighted by Gasteiger charge is -2.29. The molecule has 0 aromatic heterocycles. The van der Waals surface area contributed by atoms with Gasteiger partial charge in [-0.25, -0.2) is 0 Å². The predicted octanol–water partition coefficient (Wildman–Crippen LogP) is 2.88. The van der Waals surface area contributed by atoms with Crippen molar-refractivity contribution < 1.29 is 4.74 Å². The fraction of sp³-hybridized carbons (Fsp3) is 0.455. The van der Waals surface area contributed by atoms with Gasteiger partial charge in [0.25, 0.3) is 0 Å². The minimum atomic E-state index is 0.494. The minimum absolute atomic E-state index is 0.494. The third-order valence-corrected chi connectivity index (χ3v) is 2.94. The van der Waals surface area contributed by atoms with Gasteiger partial charge in [-0.3, -0.25) is 0 Å². The van der Waals surface area contributed by atoms with Crippen LogP contribution in [0.15, 0.2) is 16.6 Å². The summed E-state index contributed by atoms with van der Waals surface area (Å²) in [5.41, 5.74) is 3.81. The van der Waals surface area contributed by atoms with E-state index in [0.29, 0.717) is 6.04 Å². The van der Waals surface area contributed by atoms with Crippen LogP contribution in [0, 0.1) is 13.8 Å². The van der Waals surface area contributed by atoms with E-state index < -0.39 is 0 Å². The van der Waals surface area contributed by atoms with Gasteiger partial charge in [0.05, 0.1) is 19.3 Å². The SMILES string of the molecule is Cc1cc(Br)cc(C)c1NC1COC1. The fourth-order valence-corrected chi connectivity index (χ4v) is 2.35. The summed E-state index contributed by atoms with van der Waals surface area (Å²) in [4.78, 5) is 0. The maximum Gasteiger partial charge on any atom is 0.0728 e. The number of hydrogen-bond acceptors (Lipinski definition) is 2. The van der Waals surface area contributed by atoms with Crippen molar-refractivity contribution in [2.45, 2.75) is 19.9 Å². The van der Waals surface area contributed by atoms with Crippen LogP contribution in [-0.4, -0.2) is 19.3 Å². The molecule has 1 N–H and O–H groups in total. The molecule has 2 rings (SSSR count). The molecule has 0 bridgehead atoms. The number of nitrogens with one attached hydrogen (secondary N) is 1. The first-order valence-electron chi connectivity index (χ1n) is 4.78. The molecule has 1 aromatic rings. The second-order valence-corrected chi connectivity index (χ2v) is 4.71. The van der Waals surface area contributed by atoms with Crippen LogP contribution in [0.25, 0.3) is 0 Å². The molecule has 76 valence electrons. The average Bonchev–Trinajstić information content (AvgIpc) is 1.98. The van der Waals surface area contributed by atoms with E-state index in [0.717, 1.165) is 17.7 Å². The Morgan fingerprint density at radius 2 is 1.86 bits per heavy atom. The van der Waals surface area contributed by atoms with E-state index >= 15 is 0 Å². The molecule has 1 fully saturated rings. The van der Waals surface area contributed by atoms with Gasteiger partial charge in [-0.15, -0.1) is 0 Å². The highest BCUT2D eigenvalue weighted by Gasteiger charge is 2.19. The number of benzene rings is 1. The molecule has 1 aliphatic heterocycles. The number of hydrogen-bond donors (Lipinski definition) is 1. The highest BCUT2D eigenvalue weighted by Crippen LogP contribution is 2.26. The largest absolute Gasteiger partial charge is 0.377 e. The van der Waals surface area contributed by atoms with Gasteiger partial charge in [0.1, 0.15) is 0 Å². The molecule has 0 unspecified atom stereocenters. The molecule has 1 saturated heterocycles. The van der Waals surface area contributed by atoms with Crippen molar-refractivity contribution in [2.24, 2.45) is 0 Å². The Hall–Kier alpha value is -0.540. The van der Waals surface area contributed by atoms with E-state index in [4.69, 9.17) is 4.74 Å². The highest BCUT2D eigenvalue weighted by molar-refractivity contribution is 9.10. The summed E-state index contributed by atoms with van der Waals surface area (Å²) in [5, 5.41) is 3.50. The summed E-state index contributed by atoms with van der Waals surface area (Å²) < 4.78 is 6.28. The first-order valence-corrected chi connectivity index (χ1v) is 5.57. The molecule has 0 aliphatic carbocycles. The zero-order valence-corrected chi connectivity index (χ0v) is 10.0. The molecule has 3 heteroatoms. The molecule has 0 saturated carbocycles. The number of ether oxygens (including phenoxy) is 1. The van der Waals surface area contributed by atoms with Gasteiger partial charge < -0.3 is 10.1 Å². The first kappa shape index (κ1) is 9.99. The molecule has 14 heavy (non-hydrogen) atoms. The van der Waals surface area contributed by atoms with Crippen molar-refractivity contribution in [2.75, 3.05) is 18.5 Å². The number of halogens is 1. The van der Waals surface area contributed by atoms with E-state index in [1.54, 1.807) is 0 Å². The second-order valence-electron chi connectivity index (χ2n) is 3.79. The fourth-order valence-electron chi connectivity index (χ4n) is 1.66. The van der Waals surface area contributed by atoms with Crippen LogP contribution in [0.4, 0.5) is 5.69 Å². The normalized spacial score (nSPS) is 16.5. The third-order valence-electron chi connectivity index (χ3n) is 2.48. The van der Waals surface area contributed by atoms with E-state index in [9.17, 15) is 0 Å². The Kier molecular flexibility index (Phi) is 2.79. The van der Waals surface area contributed by atoms with Gasteiger partial charge in [-0.1, -0.05) is 15.9 Å². The summed E-state index contributed by atoms with van der Waals surface area (Å²) in [6.07, 6.45) is 0. The molecule has 0 radical (unpaired) electrons. The van der Waals surface area contributed by atoms with Crippen molar-refractivity contribution >= 4 is 21.6 Å². The number of rotatable bonds is 2. The third kappa shape index (κ3) is 1.93. The standard InChI is InChI=1S/C11H14BrNO/c1-7-3-9(12)4-8(2)11(7)13-10-5-14-6-10/h3-4,10,13H,5-6H2,1-2H3. The monoisotopic (exact) mass is 255 g/mol. The Bertz CT molecular complexity index is 324. The quantitative estimate of drug-likeness (QED) is 0.878. The van der Waals surface area contributed by atoms with Crippen LogP contribution in [0.2, 0.25) is 0 Å². The van der Waals surface area contributed by atoms with Gasteiger partial charge in [0, 0.05) is 10.2 Å². The van der Waals surface area contributed by atoms with Gasteiger partial charge in [-0.2, -0.15) is 0 Å². The molecular formula is C11H14BrNO. The smallest absolute Gasteiger partial charge is 0.0728 e. The van der Waals surface area contributed by atoms with E-state index in [1.807, 2.05) is 0 Å². The molecule has 0 amide bonds. The van der Waals surface area contributed by atoms with Gasteiger partial charge in [0.15, 0.2) is 0 Å². The first-order chi connectivity index (χ1) is 6.66. The van der Waals surface area contributed by atoms with E-state index in [-0.39, 0.29) is 0 Å². The van der Waals surface area contributed by atoms with Gasteiger partial charge >= 0.3 is 0 Å². The van der Waals surface area contributed by atoms with Gasteiger partial charge in [-0.05, 0) is 37.1 Å². The topological polar surface area (TPSA) is 21.3 Å². The lowest BCUT2D eigenvalue weighted by molar-refractivity contribution is 0.0210. The maximum atomic E-state index is 5.14. The molecule has 2 nitrogen and oxygen atoms in total. The van der Waals surface area contributed by atoms with Crippen LogP contribution in [0.3, 0.4) is 0 Å². The summed E-state index contributed by atoms with van der Waals surface area (Å²) in [6, 6.07) is 4.76. The molecule has 1 aromatic carbocycles. The zero-order chi connectivity index (χ0) is 10.1. The molecular weight excluding hydrogens is 242 g/mol. The van der Waals surface area contributed by atoms with Crippen LogP contribution < -0.4 is 5.32 Å². The lowest BCUT2D eigenvalue weighted by atomic mass is 10.1. The maximum absolute atomic E-state index is 5.14. The van der Waals surface area contributed by atoms with Crippen LogP contribution >= 0.6 is 15.9 Å². The van der Waals surface area contributed by atoms with Crippen LogP contribution in [0.1, 0.15) is 11.1 Å². The van der Waals surface area contributed by atoms with Crippen molar-refractivity contribution in [3.05, 3.63) is 27.7 Å². The van der Waals surface area contributed by atoms with Gasteiger partial charge in [0.2, 0.25) is 0 Å². The highest BCUT2D eigenvalue weighted by atomic mass is 79.9.